The first-order chi connectivity index (χ1) is 23.4. The molecule has 50 heavy (non-hydrogen) atoms. The highest BCUT2D eigenvalue weighted by Gasteiger charge is 2.73. The van der Waals surface area contributed by atoms with Crippen molar-refractivity contribution >= 4 is 11.9 Å². The third-order valence-corrected chi connectivity index (χ3v) is 16.3. The Bertz CT molecular complexity index is 1800. The minimum Gasteiger partial charge on any atom is -0.465 e. The van der Waals surface area contributed by atoms with Crippen LogP contribution in [0.4, 0.5) is 0 Å². The Balaban J connectivity index is 1.38. The third kappa shape index (κ3) is 4.00. The Kier molecular flexibility index (Phi) is 7.37. The lowest BCUT2D eigenvalue weighted by Crippen LogP contribution is -2.67. The van der Waals surface area contributed by atoms with Crippen LogP contribution in [-0.4, -0.2) is 52.0 Å². The van der Waals surface area contributed by atoms with Crippen molar-refractivity contribution in [1.82, 2.24) is 13.9 Å². The fourth-order valence-corrected chi connectivity index (χ4v) is 13.9. The zero-order chi connectivity index (χ0) is 36.0. The number of esters is 2. The van der Waals surface area contributed by atoms with E-state index in [4.69, 9.17) is 18.9 Å². The van der Waals surface area contributed by atoms with Crippen LogP contribution in [0.25, 0.3) is 0 Å². The van der Waals surface area contributed by atoms with E-state index in [9.17, 15) is 19.2 Å². The number of hydrogen-bond acceptors (Lipinski definition) is 8. The molecule has 3 heterocycles. The number of nitrogens with zero attached hydrogens (tertiary/aromatic N) is 3. The molecular formula is C39H57N3O8. The molecular weight excluding hydrogens is 638 g/mol. The van der Waals surface area contributed by atoms with Crippen LogP contribution in [0.15, 0.2) is 20.7 Å². The van der Waals surface area contributed by atoms with E-state index in [1.165, 1.54) is 29.6 Å². The smallest absolute Gasteiger partial charge is 0.350 e. The average molecular weight is 696 g/mol. The summed E-state index contributed by atoms with van der Waals surface area (Å²) in [6.07, 6.45) is 6.97. The van der Waals surface area contributed by atoms with Crippen LogP contribution in [0.1, 0.15) is 132 Å². The zero-order valence-electron chi connectivity index (χ0n) is 31.6. The molecule has 1 unspecified atom stereocenters. The van der Waals surface area contributed by atoms with Crippen LogP contribution in [-0.2, 0) is 34.1 Å². The first kappa shape index (κ1) is 34.4. The molecule has 11 nitrogen and oxygen atoms in total. The molecule has 276 valence electrons. The molecule has 11 heteroatoms. The Morgan fingerprint density at radius 3 is 2.26 bits per heavy atom. The Hall–Kier alpha value is -2.66. The number of hydrogen-bond donors (Lipinski definition) is 0. The Morgan fingerprint density at radius 2 is 1.62 bits per heavy atom. The van der Waals surface area contributed by atoms with Crippen LogP contribution in [0.5, 0.6) is 0 Å². The summed E-state index contributed by atoms with van der Waals surface area (Å²) in [7, 11) is 0. The highest BCUT2D eigenvalue weighted by molar-refractivity contribution is 5.66. The monoisotopic (exact) mass is 695 g/mol. The predicted octanol–water partition coefficient (Wildman–Crippen LogP) is 5.85. The summed E-state index contributed by atoms with van der Waals surface area (Å²) in [6.45, 7) is 19.9. The van der Waals surface area contributed by atoms with Crippen LogP contribution < -0.4 is 11.4 Å². The molecule has 1 aromatic heterocycles. The molecule has 2 aliphatic heterocycles. The summed E-state index contributed by atoms with van der Waals surface area (Å²) in [5.41, 5.74) is 0.206. The van der Waals surface area contributed by atoms with Crippen LogP contribution >= 0.6 is 0 Å². The lowest BCUT2D eigenvalue weighted by molar-refractivity contribution is -0.218. The number of fused-ring (bicyclic) bond motifs is 7. The molecule has 0 N–H and O–H groups in total. The molecule has 8 rings (SSSR count). The molecule has 0 bridgehead atoms. The third-order valence-electron chi connectivity index (χ3n) is 16.3. The van der Waals surface area contributed by atoms with Gasteiger partial charge in [-0.1, -0.05) is 48.5 Å². The van der Waals surface area contributed by atoms with Crippen molar-refractivity contribution in [2.24, 2.45) is 44.8 Å². The van der Waals surface area contributed by atoms with Crippen molar-refractivity contribution in [3.63, 3.8) is 0 Å². The number of allylic oxidation sites excluding steroid dienone is 1. The summed E-state index contributed by atoms with van der Waals surface area (Å²) in [5, 5.41) is 0. The molecule has 7 aliphatic rings. The predicted molar refractivity (Wildman–Crippen MR) is 184 cm³/mol. The highest BCUT2D eigenvalue weighted by atomic mass is 16.7. The molecule has 0 radical (unpaired) electrons. The molecule has 10 atom stereocenters. The van der Waals surface area contributed by atoms with Crippen LogP contribution in [0.3, 0.4) is 0 Å². The van der Waals surface area contributed by atoms with Crippen molar-refractivity contribution in [2.45, 2.75) is 144 Å². The molecule has 1 saturated heterocycles. The molecule has 1 aromatic rings. The standard InChI is InChI=1S/C39H57N3O8/c1-22(2)39-17-16-38(20-48-23(3)43)15-14-37(9)30(31(38)39)25(41-32(45)40(33(46)42(39)41)29-19-47-21-49-29)18-27-35(7)12-11-28(50-24(4)44)34(5,6)26(35)10-13-36(27,37)8/h22,25-29H,10-21H2,1-9H3/t25-,26-,27+,28-,29?,35-,36+,37+,38-,39-/m0/s1. The Labute approximate surface area is 295 Å². The van der Waals surface area contributed by atoms with Crippen LogP contribution in [0, 0.1) is 44.8 Å². The fraction of sp³-hybridized carbons (Fsp3) is 0.846. The molecule has 0 aromatic carbocycles. The van der Waals surface area contributed by atoms with Gasteiger partial charge in [-0.15, -0.1) is 0 Å². The average Bonchev–Trinajstić information content (AvgIpc) is 3.74. The molecule has 4 saturated carbocycles. The normalized spacial score (nSPS) is 43.9. The van der Waals surface area contributed by atoms with Gasteiger partial charge in [0.2, 0.25) is 0 Å². The van der Waals surface area contributed by atoms with E-state index in [1.54, 1.807) is 0 Å². The van der Waals surface area contributed by atoms with E-state index in [0.717, 1.165) is 51.4 Å². The maximum atomic E-state index is 14.9. The van der Waals surface area contributed by atoms with E-state index in [-0.39, 0.29) is 82.4 Å². The van der Waals surface area contributed by atoms with Gasteiger partial charge in [0, 0.05) is 24.7 Å². The topological polar surface area (TPSA) is 120 Å². The van der Waals surface area contributed by atoms with Gasteiger partial charge in [-0.3, -0.25) is 9.59 Å². The lowest BCUT2D eigenvalue weighted by Gasteiger charge is -2.72. The molecule has 0 amide bonds. The second kappa shape index (κ2) is 10.7. The van der Waals surface area contributed by atoms with Gasteiger partial charge < -0.3 is 18.9 Å². The van der Waals surface area contributed by atoms with Gasteiger partial charge in [0.1, 0.15) is 19.5 Å². The zero-order valence-corrected chi connectivity index (χ0v) is 31.6. The van der Waals surface area contributed by atoms with E-state index in [1.807, 2.05) is 9.36 Å². The number of aromatic nitrogens is 3. The maximum Gasteiger partial charge on any atom is 0.350 e. The number of rotatable bonds is 5. The minimum atomic E-state index is -0.775. The van der Waals surface area contributed by atoms with E-state index >= 15 is 0 Å². The summed E-state index contributed by atoms with van der Waals surface area (Å²) in [4.78, 5) is 54.4. The van der Waals surface area contributed by atoms with Crippen molar-refractivity contribution < 1.29 is 28.5 Å². The van der Waals surface area contributed by atoms with E-state index in [0.29, 0.717) is 18.9 Å². The van der Waals surface area contributed by atoms with Gasteiger partial charge in [0.15, 0.2) is 6.23 Å². The summed E-state index contributed by atoms with van der Waals surface area (Å²) >= 11 is 0. The fourth-order valence-electron chi connectivity index (χ4n) is 13.9. The van der Waals surface area contributed by atoms with Gasteiger partial charge in [-0.25, -0.2) is 23.5 Å². The van der Waals surface area contributed by atoms with Gasteiger partial charge in [-0.05, 0) is 103 Å². The lowest BCUT2D eigenvalue weighted by atomic mass is 9.33. The minimum absolute atomic E-state index is 0.00332. The molecule has 5 aliphatic carbocycles. The largest absolute Gasteiger partial charge is 0.465 e. The van der Waals surface area contributed by atoms with Crippen molar-refractivity contribution in [2.75, 3.05) is 20.0 Å². The maximum absolute atomic E-state index is 14.9. The molecule has 5 fully saturated rings. The summed E-state index contributed by atoms with van der Waals surface area (Å²) < 4.78 is 28.3. The summed E-state index contributed by atoms with van der Waals surface area (Å²) in [6, 6.07) is -0.316. The van der Waals surface area contributed by atoms with E-state index in [2.05, 4.69) is 48.5 Å². The first-order valence-corrected chi connectivity index (χ1v) is 19.1. The van der Waals surface area contributed by atoms with Crippen molar-refractivity contribution in [3.05, 3.63) is 32.1 Å². The van der Waals surface area contributed by atoms with Gasteiger partial charge in [0.05, 0.1) is 18.2 Å². The molecule has 0 spiro atoms. The second-order valence-electron chi connectivity index (χ2n) is 18.7. The SMILES string of the molecule is CC(=O)OC[C@]12CC[C@]3(C(C)C)C1=C1[C@H](C[C@@H]4[C@@]5(C)CC[C@H](OC(C)=O)C(C)(C)[C@@H]5CC[C@@]4(C)[C@]1(C)CC2)n1c(=O)n(C2COCO2)c(=O)n13. The van der Waals surface area contributed by atoms with Crippen molar-refractivity contribution in [1.29, 1.82) is 0 Å². The van der Waals surface area contributed by atoms with Crippen molar-refractivity contribution in [3.8, 4) is 0 Å². The van der Waals surface area contributed by atoms with E-state index < -0.39 is 17.2 Å². The van der Waals surface area contributed by atoms with Gasteiger partial charge >= 0.3 is 23.3 Å². The van der Waals surface area contributed by atoms with Crippen LogP contribution in [0.2, 0.25) is 0 Å². The highest BCUT2D eigenvalue weighted by Crippen LogP contribution is 2.79. The quantitative estimate of drug-likeness (QED) is 0.278. The summed E-state index contributed by atoms with van der Waals surface area (Å²) in [5.74, 6) is 0.0698. The van der Waals surface area contributed by atoms with Gasteiger partial charge in [-0.2, -0.15) is 0 Å². The number of carbonyl (C=O) groups is 2. The second-order valence-corrected chi connectivity index (χ2v) is 18.7. The Morgan fingerprint density at radius 1 is 0.900 bits per heavy atom. The number of ether oxygens (including phenoxy) is 4. The first-order valence-electron chi connectivity index (χ1n) is 19.1. The van der Waals surface area contributed by atoms with Gasteiger partial charge in [0.25, 0.3) is 0 Å². The number of carbonyl (C=O) groups excluding carboxylic acids is 2.